The van der Waals surface area contributed by atoms with Gasteiger partial charge < -0.3 is 14.2 Å². The number of carbonyl (C=O) groups excluding carboxylic acids is 1. The van der Waals surface area contributed by atoms with E-state index in [0.29, 0.717) is 23.9 Å². The molecule has 276 valence electrons. The van der Waals surface area contributed by atoms with Gasteiger partial charge in [0.1, 0.15) is 6.10 Å². The molecule has 1 aromatic carbocycles. The molecule has 9 heteroatoms. The monoisotopic (exact) mass is 699 g/mol. The Balaban J connectivity index is 1.17. The summed E-state index contributed by atoms with van der Waals surface area (Å²) < 4.78 is 23.3. The number of rotatable bonds is 8. The fourth-order valence-electron chi connectivity index (χ4n) is 12.5. The van der Waals surface area contributed by atoms with Crippen LogP contribution in [0.25, 0.3) is 5.69 Å². The number of para-hydroxylation sites is 1. The van der Waals surface area contributed by atoms with Gasteiger partial charge in [-0.3, -0.25) is 4.79 Å². The standard InChI is InChI=1S/C42H57N3O6/c1-28(13-12-21-38(3,4)51-35-16-10-11-26-49-35)32-17-18-33-39(32,5)22-20-34-40(6)23-19-31(50-29(2)46)27-41(40)24-25-42(33,34)45-37(48)43(36(47)44(41)45)30-14-8-7-9-15-30/h7-9,12-15,24-25,28,31-35H,10-11,16-23,26-27H2,1-6H3/b13-12+/t28-,31+,32-,33-,34-,35?,39-,40-,41-,42+/m1/s1. The van der Waals surface area contributed by atoms with E-state index in [1.807, 2.05) is 39.7 Å². The summed E-state index contributed by atoms with van der Waals surface area (Å²) in [5.41, 5.74) is -1.98. The predicted molar refractivity (Wildman–Crippen MR) is 196 cm³/mol. The normalized spacial score (nSPS) is 38.9. The average Bonchev–Trinajstić information content (AvgIpc) is 3.59. The maximum atomic E-state index is 14.9. The van der Waals surface area contributed by atoms with Gasteiger partial charge in [-0.15, -0.1) is 0 Å². The van der Waals surface area contributed by atoms with Crippen LogP contribution >= 0.6 is 0 Å². The van der Waals surface area contributed by atoms with Crippen LogP contribution < -0.4 is 11.4 Å². The van der Waals surface area contributed by atoms with Gasteiger partial charge in [0.05, 0.1) is 22.4 Å². The third-order valence-corrected chi connectivity index (χ3v) is 14.7. The van der Waals surface area contributed by atoms with Crippen molar-refractivity contribution in [1.82, 2.24) is 13.9 Å². The lowest BCUT2D eigenvalue weighted by Gasteiger charge is -2.71. The lowest BCUT2D eigenvalue weighted by atomic mass is 9.40. The first-order valence-corrected chi connectivity index (χ1v) is 19.6. The fraction of sp³-hybridized carbons (Fsp3) is 0.690. The summed E-state index contributed by atoms with van der Waals surface area (Å²) in [4.78, 5) is 42.0. The molecule has 0 radical (unpaired) electrons. The zero-order chi connectivity index (χ0) is 36.0. The van der Waals surface area contributed by atoms with Crippen molar-refractivity contribution in [2.24, 2.45) is 34.5 Å². The van der Waals surface area contributed by atoms with Crippen molar-refractivity contribution in [2.75, 3.05) is 6.61 Å². The van der Waals surface area contributed by atoms with Crippen molar-refractivity contribution in [3.63, 3.8) is 0 Å². The number of hydrogen-bond acceptors (Lipinski definition) is 6. The minimum atomic E-state index is -0.770. The summed E-state index contributed by atoms with van der Waals surface area (Å²) in [5.74, 6) is 0.869. The number of fused-ring (bicyclic) bond motifs is 1. The maximum absolute atomic E-state index is 14.9. The summed E-state index contributed by atoms with van der Waals surface area (Å²) >= 11 is 0. The van der Waals surface area contributed by atoms with Crippen molar-refractivity contribution in [2.45, 2.75) is 141 Å². The van der Waals surface area contributed by atoms with Crippen LogP contribution in [0.15, 0.2) is 64.2 Å². The molecule has 0 amide bonds. The van der Waals surface area contributed by atoms with E-state index in [1.165, 1.54) is 11.5 Å². The molecule has 2 aromatic rings. The van der Waals surface area contributed by atoms with E-state index < -0.39 is 11.1 Å². The molecule has 4 aliphatic carbocycles. The molecule has 1 saturated heterocycles. The molecule has 0 N–H and O–H groups in total. The van der Waals surface area contributed by atoms with E-state index in [0.717, 1.165) is 70.8 Å². The second-order valence-corrected chi connectivity index (χ2v) is 17.9. The Bertz CT molecular complexity index is 1850. The molecule has 4 fully saturated rings. The number of esters is 1. The smallest absolute Gasteiger partial charge is 0.352 e. The third-order valence-electron chi connectivity index (χ3n) is 14.7. The van der Waals surface area contributed by atoms with Crippen LogP contribution in [-0.4, -0.2) is 44.5 Å². The lowest BCUT2D eigenvalue weighted by molar-refractivity contribution is -0.214. The summed E-state index contributed by atoms with van der Waals surface area (Å²) in [5, 5.41) is 0. The molecule has 3 saturated carbocycles. The fourth-order valence-corrected chi connectivity index (χ4v) is 12.5. The zero-order valence-corrected chi connectivity index (χ0v) is 31.4. The number of hydrogen-bond donors (Lipinski definition) is 0. The average molecular weight is 700 g/mol. The number of carbonyl (C=O) groups is 1. The molecule has 7 aliphatic rings. The number of ether oxygens (including phenoxy) is 3. The van der Waals surface area contributed by atoms with Crippen LogP contribution in [0, 0.1) is 34.5 Å². The molecule has 4 heterocycles. The molecule has 3 aliphatic heterocycles. The minimum Gasteiger partial charge on any atom is -0.462 e. The van der Waals surface area contributed by atoms with Gasteiger partial charge >= 0.3 is 17.3 Å². The van der Waals surface area contributed by atoms with Crippen LogP contribution in [0.5, 0.6) is 0 Å². The maximum Gasteiger partial charge on any atom is 0.352 e. The summed E-state index contributed by atoms with van der Waals surface area (Å²) in [6, 6.07) is 9.35. The molecule has 10 atom stereocenters. The molecule has 51 heavy (non-hydrogen) atoms. The molecule has 1 unspecified atom stereocenters. The summed E-state index contributed by atoms with van der Waals surface area (Å²) in [7, 11) is 0. The summed E-state index contributed by atoms with van der Waals surface area (Å²) in [6.07, 6.45) is 19.2. The van der Waals surface area contributed by atoms with Crippen molar-refractivity contribution in [3.8, 4) is 5.69 Å². The Kier molecular flexibility index (Phi) is 8.34. The van der Waals surface area contributed by atoms with Gasteiger partial charge in [-0.2, -0.15) is 0 Å². The quantitative estimate of drug-likeness (QED) is 0.213. The predicted octanol–water partition coefficient (Wildman–Crippen LogP) is 7.24. The van der Waals surface area contributed by atoms with Crippen molar-refractivity contribution >= 4 is 5.97 Å². The number of benzene rings is 1. The van der Waals surface area contributed by atoms with E-state index >= 15 is 0 Å². The number of aromatic nitrogens is 3. The van der Waals surface area contributed by atoms with E-state index in [2.05, 4.69) is 58.9 Å². The highest BCUT2D eigenvalue weighted by Crippen LogP contribution is 2.74. The Morgan fingerprint density at radius 2 is 1.75 bits per heavy atom. The van der Waals surface area contributed by atoms with Gasteiger partial charge in [0.15, 0.2) is 6.29 Å². The number of allylic oxidation sites excluding steroid dienone is 3. The van der Waals surface area contributed by atoms with Gasteiger partial charge in [-0.05, 0) is 119 Å². The van der Waals surface area contributed by atoms with Crippen molar-refractivity contribution < 1.29 is 19.0 Å². The first kappa shape index (κ1) is 34.9. The van der Waals surface area contributed by atoms with Crippen molar-refractivity contribution in [3.05, 3.63) is 75.6 Å². The van der Waals surface area contributed by atoms with E-state index in [-0.39, 0.29) is 58.0 Å². The van der Waals surface area contributed by atoms with Gasteiger partial charge in [0.25, 0.3) is 0 Å². The van der Waals surface area contributed by atoms with Crippen LogP contribution in [0.3, 0.4) is 0 Å². The molecular weight excluding hydrogens is 642 g/mol. The highest BCUT2D eigenvalue weighted by molar-refractivity contribution is 5.66. The first-order chi connectivity index (χ1) is 24.3. The van der Waals surface area contributed by atoms with Crippen LogP contribution in [0.2, 0.25) is 0 Å². The van der Waals surface area contributed by atoms with Crippen molar-refractivity contribution in [1.29, 1.82) is 0 Å². The van der Waals surface area contributed by atoms with Gasteiger partial charge in [-0.25, -0.2) is 23.5 Å². The Morgan fingerprint density at radius 3 is 2.47 bits per heavy atom. The van der Waals surface area contributed by atoms with Crippen LogP contribution in [0.1, 0.15) is 112 Å². The van der Waals surface area contributed by atoms with Crippen LogP contribution in [-0.2, 0) is 30.1 Å². The molecule has 1 aromatic heterocycles. The molecular formula is C42H57N3O6. The molecule has 9 rings (SSSR count). The highest BCUT2D eigenvalue weighted by Gasteiger charge is 2.75. The van der Waals surface area contributed by atoms with Gasteiger partial charge in [-0.1, -0.05) is 63.3 Å². The topological polar surface area (TPSA) is 93.7 Å². The Labute approximate surface area is 302 Å². The second-order valence-electron chi connectivity index (χ2n) is 17.9. The largest absolute Gasteiger partial charge is 0.462 e. The lowest BCUT2D eigenvalue weighted by Crippen LogP contribution is -2.76. The number of nitrogens with zero attached hydrogens (tertiary/aromatic N) is 3. The third kappa shape index (κ3) is 5.03. The van der Waals surface area contributed by atoms with E-state index in [1.54, 1.807) is 0 Å². The Morgan fingerprint density at radius 1 is 0.980 bits per heavy atom. The minimum absolute atomic E-state index is 0.0235. The first-order valence-electron chi connectivity index (χ1n) is 19.6. The van der Waals surface area contributed by atoms with E-state index in [9.17, 15) is 14.4 Å². The Hall–Kier alpha value is -3.17. The van der Waals surface area contributed by atoms with E-state index in [4.69, 9.17) is 14.2 Å². The summed E-state index contributed by atoms with van der Waals surface area (Å²) in [6.45, 7) is 13.8. The zero-order valence-electron chi connectivity index (χ0n) is 31.4. The SMILES string of the molecule is CC(=O)O[C@H]1CC[C@]2(C)[C@H]3CC[C@]4(C)[C@@H]([C@H](C)/C=C/CC(C)(C)OC5CCCCO5)CC[C@H]4[C@@]34C=C[C@]2(C1)n1c(=O)n(-c2ccccc2)c(=O)n14. The van der Waals surface area contributed by atoms with Crippen LogP contribution in [0.4, 0.5) is 0 Å². The molecule has 2 bridgehead atoms. The molecule has 2 spiro atoms. The highest BCUT2D eigenvalue weighted by atomic mass is 16.7. The van der Waals surface area contributed by atoms with Gasteiger partial charge in [0, 0.05) is 25.4 Å². The molecule has 9 nitrogen and oxygen atoms in total. The second kappa shape index (κ2) is 12.2. The van der Waals surface area contributed by atoms with Gasteiger partial charge in [0.2, 0.25) is 0 Å².